The van der Waals surface area contributed by atoms with Crippen LogP contribution in [0.2, 0.25) is 0 Å². The fraction of sp³-hybridized carbons (Fsp3) is 1.00. The summed E-state index contributed by atoms with van der Waals surface area (Å²) in [5.74, 6) is 2.16. The second kappa shape index (κ2) is 5.41. The first kappa shape index (κ1) is 14.0. The largest absolute Gasteiger partial charge is 0.0651 e. The third-order valence-electron chi connectivity index (χ3n) is 7.57. The first-order valence-electron chi connectivity index (χ1n) is 9.19. The Bertz CT molecular complexity index is 271. The molecule has 0 aromatic rings. The van der Waals surface area contributed by atoms with Crippen LogP contribution < -0.4 is 0 Å². The minimum atomic E-state index is 0.793. The van der Waals surface area contributed by atoms with Crippen LogP contribution in [0.4, 0.5) is 0 Å². The first-order chi connectivity index (χ1) is 9.19. The van der Waals surface area contributed by atoms with E-state index in [1.165, 1.54) is 25.7 Å². The van der Waals surface area contributed by atoms with E-state index in [9.17, 15) is 0 Å². The van der Waals surface area contributed by atoms with Crippen LogP contribution in [0.15, 0.2) is 0 Å². The molecule has 0 nitrogen and oxygen atoms in total. The van der Waals surface area contributed by atoms with E-state index in [2.05, 4.69) is 13.8 Å². The average molecular weight is 262 g/mol. The highest BCUT2D eigenvalue weighted by molar-refractivity contribution is 4.99. The van der Waals surface area contributed by atoms with Crippen molar-refractivity contribution in [1.29, 1.82) is 0 Å². The van der Waals surface area contributed by atoms with Crippen LogP contribution in [0.25, 0.3) is 0 Å². The molecule has 2 bridgehead atoms. The van der Waals surface area contributed by atoms with Crippen LogP contribution in [0.3, 0.4) is 0 Å². The maximum Gasteiger partial charge on any atom is -0.0294 e. The van der Waals surface area contributed by atoms with Gasteiger partial charge in [-0.3, -0.25) is 0 Å². The van der Waals surface area contributed by atoms with Gasteiger partial charge in [0.25, 0.3) is 0 Å². The lowest BCUT2D eigenvalue weighted by atomic mass is 9.51. The molecule has 4 fully saturated rings. The van der Waals surface area contributed by atoms with Crippen molar-refractivity contribution in [1.82, 2.24) is 0 Å². The molecule has 0 amide bonds. The maximum absolute atomic E-state index is 2.43. The molecular weight excluding hydrogens is 228 g/mol. The highest BCUT2D eigenvalue weighted by atomic mass is 14.5. The molecule has 4 aliphatic rings. The van der Waals surface area contributed by atoms with Gasteiger partial charge in [-0.25, -0.2) is 0 Å². The molecule has 0 aromatic heterocycles. The van der Waals surface area contributed by atoms with E-state index < -0.39 is 0 Å². The van der Waals surface area contributed by atoms with Crippen LogP contribution >= 0.6 is 0 Å². The predicted molar refractivity (Wildman–Crippen MR) is 83.2 cm³/mol. The summed E-state index contributed by atoms with van der Waals surface area (Å²) in [5, 5.41) is 0. The van der Waals surface area contributed by atoms with Gasteiger partial charge in [0.05, 0.1) is 0 Å². The SMILES string of the molecule is CCC1CCC(CC23CCC(CC)(CC2)CC3)CC1. The zero-order chi connectivity index (χ0) is 13.3. The molecule has 110 valence electrons. The van der Waals surface area contributed by atoms with E-state index in [1.54, 1.807) is 57.8 Å². The van der Waals surface area contributed by atoms with Gasteiger partial charge in [-0.05, 0) is 67.6 Å². The lowest BCUT2D eigenvalue weighted by Gasteiger charge is -2.55. The lowest BCUT2D eigenvalue weighted by Crippen LogP contribution is -2.42. The van der Waals surface area contributed by atoms with Crippen molar-refractivity contribution in [2.75, 3.05) is 0 Å². The maximum atomic E-state index is 2.43. The number of fused-ring (bicyclic) bond motifs is 3. The van der Waals surface area contributed by atoms with Crippen molar-refractivity contribution < 1.29 is 0 Å². The minimum Gasteiger partial charge on any atom is -0.0651 e. The van der Waals surface area contributed by atoms with Gasteiger partial charge in [-0.2, -0.15) is 0 Å². The Hall–Kier alpha value is 0. The molecule has 0 N–H and O–H groups in total. The summed E-state index contributed by atoms with van der Waals surface area (Å²) in [6.45, 7) is 4.82. The number of rotatable bonds is 4. The molecule has 0 heteroatoms. The highest BCUT2D eigenvalue weighted by Gasteiger charge is 2.48. The summed E-state index contributed by atoms with van der Waals surface area (Å²) in [6, 6.07) is 0. The molecule has 0 unspecified atom stereocenters. The average Bonchev–Trinajstić information content (AvgIpc) is 2.50. The van der Waals surface area contributed by atoms with E-state index in [0.717, 1.165) is 22.7 Å². The molecule has 4 aliphatic carbocycles. The topological polar surface area (TPSA) is 0 Å². The van der Waals surface area contributed by atoms with Crippen LogP contribution in [-0.4, -0.2) is 0 Å². The van der Waals surface area contributed by atoms with E-state index in [0.29, 0.717) is 0 Å². The minimum absolute atomic E-state index is 0.793. The smallest absolute Gasteiger partial charge is 0.0294 e. The van der Waals surface area contributed by atoms with Gasteiger partial charge >= 0.3 is 0 Å². The van der Waals surface area contributed by atoms with Crippen LogP contribution in [-0.2, 0) is 0 Å². The van der Waals surface area contributed by atoms with Crippen LogP contribution in [0.5, 0.6) is 0 Å². The van der Waals surface area contributed by atoms with Gasteiger partial charge in [-0.15, -0.1) is 0 Å². The van der Waals surface area contributed by atoms with Crippen molar-refractivity contribution >= 4 is 0 Å². The second-order valence-electron chi connectivity index (χ2n) is 8.35. The summed E-state index contributed by atoms with van der Waals surface area (Å²) in [6.07, 6.45) is 20.1. The Labute approximate surface area is 120 Å². The van der Waals surface area contributed by atoms with Crippen molar-refractivity contribution in [3.8, 4) is 0 Å². The van der Waals surface area contributed by atoms with E-state index in [1.807, 2.05) is 0 Å². The fourth-order valence-electron chi connectivity index (χ4n) is 5.63. The molecule has 19 heavy (non-hydrogen) atoms. The monoisotopic (exact) mass is 262 g/mol. The van der Waals surface area contributed by atoms with Gasteiger partial charge < -0.3 is 0 Å². The van der Waals surface area contributed by atoms with Crippen molar-refractivity contribution in [2.24, 2.45) is 22.7 Å². The van der Waals surface area contributed by atoms with Crippen molar-refractivity contribution in [3.05, 3.63) is 0 Å². The normalized spacial score (nSPS) is 46.4. The summed E-state index contributed by atoms with van der Waals surface area (Å²) in [7, 11) is 0. The summed E-state index contributed by atoms with van der Waals surface area (Å²) >= 11 is 0. The third kappa shape index (κ3) is 2.74. The Morgan fingerprint density at radius 2 is 1.16 bits per heavy atom. The fourth-order valence-corrected chi connectivity index (χ4v) is 5.63. The first-order valence-corrected chi connectivity index (χ1v) is 9.19. The van der Waals surface area contributed by atoms with Gasteiger partial charge in [-0.1, -0.05) is 52.4 Å². The summed E-state index contributed by atoms with van der Waals surface area (Å²) < 4.78 is 0. The molecule has 4 rings (SSSR count). The molecule has 4 saturated carbocycles. The van der Waals surface area contributed by atoms with Gasteiger partial charge in [0.1, 0.15) is 0 Å². The standard InChI is InChI=1S/C19H34/c1-3-16-5-7-17(8-6-16)15-19-12-9-18(4-2,10-13-19)11-14-19/h16-17H,3-15H2,1-2H3. The predicted octanol–water partition coefficient (Wildman–Crippen LogP) is 6.34. The molecule has 0 aliphatic heterocycles. The van der Waals surface area contributed by atoms with E-state index in [4.69, 9.17) is 0 Å². The molecule has 0 spiro atoms. The molecule has 0 atom stereocenters. The third-order valence-corrected chi connectivity index (χ3v) is 7.57. The molecule has 0 aromatic carbocycles. The van der Waals surface area contributed by atoms with Crippen molar-refractivity contribution in [2.45, 2.75) is 97.3 Å². The number of hydrogen-bond donors (Lipinski definition) is 0. The second-order valence-corrected chi connectivity index (χ2v) is 8.35. The van der Waals surface area contributed by atoms with Crippen molar-refractivity contribution in [3.63, 3.8) is 0 Å². The van der Waals surface area contributed by atoms with Gasteiger partial charge in [0.2, 0.25) is 0 Å². The molecular formula is C19H34. The van der Waals surface area contributed by atoms with E-state index in [-0.39, 0.29) is 0 Å². The van der Waals surface area contributed by atoms with Crippen LogP contribution in [0, 0.1) is 22.7 Å². The lowest BCUT2D eigenvalue weighted by molar-refractivity contribution is -0.0301. The summed E-state index contributed by atoms with van der Waals surface area (Å²) in [4.78, 5) is 0. The quantitative estimate of drug-likeness (QED) is 0.554. The number of hydrogen-bond acceptors (Lipinski definition) is 0. The zero-order valence-electron chi connectivity index (χ0n) is 13.3. The van der Waals surface area contributed by atoms with E-state index >= 15 is 0 Å². The van der Waals surface area contributed by atoms with Gasteiger partial charge in [0, 0.05) is 0 Å². The zero-order valence-corrected chi connectivity index (χ0v) is 13.3. The molecule has 0 radical (unpaired) electrons. The Balaban J connectivity index is 1.54. The Morgan fingerprint density at radius 3 is 1.63 bits per heavy atom. The highest BCUT2D eigenvalue weighted by Crippen LogP contribution is 2.61. The Kier molecular flexibility index (Phi) is 3.98. The van der Waals surface area contributed by atoms with Crippen LogP contribution in [0.1, 0.15) is 97.3 Å². The Morgan fingerprint density at radius 1 is 0.684 bits per heavy atom. The van der Waals surface area contributed by atoms with Gasteiger partial charge in [0.15, 0.2) is 0 Å². The summed E-state index contributed by atoms with van der Waals surface area (Å²) in [5.41, 5.74) is 1.60. The molecule has 0 heterocycles. The molecule has 0 saturated heterocycles.